The second kappa shape index (κ2) is 7.03. The Balaban J connectivity index is 1.34. The van der Waals surface area contributed by atoms with E-state index in [1.54, 1.807) is 18.2 Å². The zero-order valence-electron chi connectivity index (χ0n) is 15.0. The Kier molecular flexibility index (Phi) is 4.22. The summed E-state index contributed by atoms with van der Waals surface area (Å²) in [6.07, 6.45) is 0. The lowest BCUT2D eigenvalue weighted by Crippen LogP contribution is -2.20. The first-order valence-electron chi connectivity index (χ1n) is 8.91. The third-order valence-electron chi connectivity index (χ3n) is 4.51. The van der Waals surface area contributed by atoms with Gasteiger partial charge in [0.1, 0.15) is 17.7 Å². The van der Waals surface area contributed by atoms with E-state index in [1.807, 2.05) is 48.5 Å². The van der Waals surface area contributed by atoms with E-state index in [2.05, 4.69) is 20.7 Å². The van der Waals surface area contributed by atoms with Crippen LogP contribution in [-0.2, 0) is 11.3 Å². The molecule has 142 valence electrons. The highest BCUT2D eigenvalue weighted by atomic mass is 35.5. The van der Waals surface area contributed by atoms with Crippen molar-refractivity contribution in [1.82, 2.24) is 20.2 Å². The highest BCUT2D eigenvalue weighted by Crippen LogP contribution is 2.30. The van der Waals surface area contributed by atoms with Crippen molar-refractivity contribution in [3.8, 4) is 11.4 Å². The first-order chi connectivity index (χ1) is 14.2. The van der Waals surface area contributed by atoms with E-state index in [0.29, 0.717) is 22.1 Å². The van der Waals surface area contributed by atoms with Crippen molar-refractivity contribution >= 4 is 45.1 Å². The molecule has 0 atom stereocenters. The van der Waals surface area contributed by atoms with E-state index in [-0.39, 0.29) is 12.5 Å². The maximum atomic E-state index is 12.4. The summed E-state index contributed by atoms with van der Waals surface area (Å²) in [7, 11) is 0. The Morgan fingerprint density at radius 2 is 1.79 bits per heavy atom. The molecule has 2 heterocycles. The normalized spacial score (nSPS) is 11.2. The third-order valence-corrected chi connectivity index (χ3v) is 4.84. The number of aromatic nitrogens is 4. The van der Waals surface area contributed by atoms with Crippen LogP contribution in [0.15, 0.2) is 71.1 Å². The fourth-order valence-electron chi connectivity index (χ4n) is 3.19. The summed E-state index contributed by atoms with van der Waals surface area (Å²) in [6.45, 7) is -0.0678. The second-order valence-electron chi connectivity index (χ2n) is 6.48. The molecule has 8 heteroatoms. The number of fused-ring (bicyclic) bond motifs is 3. The summed E-state index contributed by atoms with van der Waals surface area (Å²) in [5.41, 5.74) is 2.91. The average molecular weight is 404 g/mol. The van der Waals surface area contributed by atoms with Crippen LogP contribution in [-0.4, -0.2) is 26.1 Å². The SMILES string of the molecule is O=C(Cn1nnc(-c2ccccc2Cl)n1)Nc1ccc2oc3ccccc3c2c1. The molecular formula is C21H14ClN5O2. The van der Waals surface area contributed by atoms with Crippen molar-refractivity contribution in [2.75, 3.05) is 5.32 Å². The first-order valence-corrected chi connectivity index (χ1v) is 9.29. The smallest absolute Gasteiger partial charge is 0.248 e. The number of halogens is 1. The summed E-state index contributed by atoms with van der Waals surface area (Å²) in [4.78, 5) is 13.7. The van der Waals surface area contributed by atoms with Crippen molar-refractivity contribution in [1.29, 1.82) is 0 Å². The van der Waals surface area contributed by atoms with Crippen LogP contribution in [0.5, 0.6) is 0 Å². The van der Waals surface area contributed by atoms with Crippen molar-refractivity contribution in [2.24, 2.45) is 0 Å². The van der Waals surface area contributed by atoms with Gasteiger partial charge >= 0.3 is 0 Å². The van der Waals surface area contributed by atoms with Gasteiger partial charge in [-0.15, -0.1) is 10.2 Å². The van der Waals surface area contributed by atoms with Crippen LogP contribution in [0.1, 0.15) is 0 Å². The molecular weight excluding hydrogens is 390 g/mol. The molecule has 3 aromatic carbocycles. The molecule has 2 aromatic heterocycles. The highest BCUT2D eigenvalue weighted by Gasteiger charge is 2.13. The number of hydrogen-bond donors (Lipinski definition) is 1. The van der Waals surface area contributed by atoms with Crippen LogP contribution in [0.3, 0.4) is 0 Å². The van der Waals surface area contributed by atoms with Crippen molar-refractivity contribution in [3.63, 3.8) is 0 Å². The molecule has 5 aromatic rings. The van der Waals surface area contributed by atoms with Gasteiger partial charge < -0.3 is 9.73 Å². The fourth-order valence-corrected chi connectivity index (χ4v) is 3.41. The van der Waals surface area contributed by atoms with E-state index in [9.17, 15) is 4.79 Å². The monoisotopic (exact) mass is 403 g/mol. The summed E-state index contributed by atoms with van der Waals surface area (Å²) in [6, 6.07) is 20.5. The largest absolute Gasteiger partial charge is 0.456 e. The zero-order valence-corrected chi connectivity index (χ0v) is 15.8. The van der Waals surface area contributed by atoms with Gasteiger partial charge in [-0.2, -0.15) is 4.80 Å². The number of hydrogen-bond acceptors (Lipinski definition) is 5. The number of carbonyl (C=O) groups is 1. The first kappa shape index (κ1) is 17.4. The molecule has 0 radical (unpaired) electrons. The number of carbonyl (C=O) groups excluding carboxylic acids is 1. The predicted octanol–water partition coefficient (Wildman–Crippen LogP) is 4.53. The summed E-state index contributed by atoms with van der Waals surface area (Å²) >= 11 is 6.16. The van der Waals surface area contributed by atoms with Gasteiger partial charge in [0.15, 0.2) is 0 Å². The summed E-state index contributed by atoms with van der Waals surface area (Å²) in [5, 5.41) is 17.5. The maximum Gasteiger partial charge on any atom is 0.248 e. The molecule has 0 bridgehead atoms. The van der Waals surface area contributed by atoms with Crippen molar-refractivity contribution in [3.05, 3.63) is 71.8 Å². The minimum Gasteiger partial charge on any atom is -0.456 e. The second-order valence-corrected chi connectivity index (χ2v) is 6.89. The van der Waals surface area contributed by atoms with E-state index >= 15 is 0 Å². The standard InChI is InChI=1S/C21H14ClN5O2/c22-17-7-3-1-6-15(17)21-24-26-27(25-21)12-20(28)23-13-9-10-19-16(11-13)14-5-2-4-8-18(14)29-19/h1-11H,12H2,(H,23,28). The van der Waals surface area contributed by atoms with Crippen LogP contribution < -0.4 is 5.32 Å². The molecule has 7 nitrogen and oxygen atoms in total. The van der Waals surface area contributed by atoms with Crippen molar-refractivity contribution < 1.29 is 9.21 Å². The third kappa shape index (κ3) is 3.32. The van der Waals surface area contributed by atoms with Crippen molar-refractivity contribution in [2.45, 2.75) is 6.54 Å². The average Bonchev–Trinajstić information content (AvgIpc) is 3.32. The molecule has 0 saturated heterocycles. The molecule has 0 aliphatic carbocycles. The number of para-hydroxylation sites is 1. The van der Waals surface area contributed by atoms with Gasteiger partial charge in [-0.25, -0.2) is 0 Å². The van der Waals surface area contributed by atoms with Gasteiger partial charge in [0, 0.05) is 22.0 Å². The van der Waals surface area contributed by atoms with E-state index in [0.717, 1.165) is 21.9 Å². The molecule has 0 fully saturated rings. The summed E-state index contributed by atoms with van der Waals surface area (Å²) < 4.78 is 5.81. The molecule has 5 rings (SSSR count). The number of amides is 1. The van der Waals surface area contributed by atoms with Gasteiger partial charge in [-0.3, -0.25) is 4.79 Å². The number of furan rings is 1. The molecule has 0 aliphatic heterocycles. The van der Waals surface area contributed by atoms with Crippen LogP contribution in [0, 0.1) is 0 Å². The van der Waals surface area contributed by atoms with Crippen LogP contribution in [0.4, 0.5) is 5.69 Å². The van der Waals surface area contributed by atoms with Crippen LogP contribution >= 0.6 is 11.6 Å². The lowest BCUT2D eigenvalue weighted by atomic mass is 10.1. The number of benzene rings is 3. The maximum absolute atomic E-state index is 12.4. The number of tetrazole rings is 1. The molecule has 0 spiro atoms. The Morgan fingerprint density at radius 1 is 1.00 bits per heavy atom. The lowest BCUT2D eigenvalue weighted by Gasteiger charge is -2.04. The summed E-state index contributed by atoms with van der Waals surface area (Å²) in [5.74, 6) is 0.106. The van der Waals surface area contributed by atoms with Gasteiger partial charge in [0.05, 0.1) is 5.02 Å². The number of nitrogens with one attached hydrogen (secondary N) is 1. The minimum absolute atomic E-state index is 0.0678. The predicted molar refractivity (Wildman–Crippen MR) is 111 cm³/mol. The number of anilines is 1. The molecule has 0 unspecified atom stereocenters. The molecule has 1 N–H and O–H groups in total. The lowest BCUT2D eigenvalue weighted by molar-refractivity contribution is -0.117. The highest BCUT2D eigenvalue weighted by molar-refractivity contribution is 6.33. The molecule has 0 aliphatic rings. The quantitative estimate of drug-likeness (QED) is 0.476. The number of rotatable bonds is 4. The Hall–Kier alpha value is -3.71. The topological polar surface area (TPSA) is 85.8 Å². The molecule has 0 saturated carbocycles. The van der Waals surface area contributed by atoms with E-state index in [4.69, 9.17) is 16.0 Å². The Morgan fingerprint density at radius 3 is 2.69 bits per heavy atom. The minimum atomic E-state index is -0.264. The molecule has 1 amide bonds. The van der Waals surface area contributed by atoms with E-state index in [1.165, 1.54) is 4.80 Å². The molecule has 29 heavy (non-hydrogen) atoms. The van der Waals surface area contributed by atoms with Gasteiger partial charge in [0.25, 0.3) is 0 Å². The van der Waals surface area contributed by atoms with Gasteiger partial charge in [0.2, 0.25) is 11.7 Å². The Labute approximate surface area is 169 Å². The van der Waals surface area contributed by atoms with E-state index < -0.39 is 0 Å². The number of nitrogens with zero attached hydrogens (tertiary/aromatic N) is 4. The fraction of sp³-hybridized carbons (Fsp3) is 0.0476. The van der Waals surface area contributed by atoms with Gasteiger partial charge in [-0.05, 0) is 41.6 Å². The van der Waals surface area contributed by atoms with Crippen LogP contribution in [0.25, 0.3) is 33.3 Å². The van der Waals surface area contributed by atoms with Crippen LogP contribution in [0.2, 0.25) is 5.02 Å². The zero-order chi connectivity index (χ0) is 19.8. The Bertz CT molecular complexity index is 1360. The van der Waals surface area contributed by atoms with Gasteiger partial charge in [-0.1, -0.05) is 41.9 Å².